The van der Waals surface area contributed by atoms with E-state index in [1.807, 2.05) is 39.0 Å². The maximum absolute atomic E-state index is 14.6. The standard InChI is InChI=1S/C37H46O7/c1-19(2)27-30(40)25(20(3)38)32(42)37(44)33(43)28-31(41)26-24(17-35(28,7)18-36(27,37)8)23(21-12-9-10-13-21)16-22(29(26)39)14-11-15-34(4,5)6/h9,12-13,16,19,27,39-40,43-44H,10-11,14-15,17-18H2,1-8H3/t27?,35-,36-,37+/m1/s1. The molecule has 0 bridgehead atoms. The Hall–Kier alpha value is -3.45. The van der Waals surface area contributed by atoms with E-state index in [-0.39, 0.29) is 46.8 Å². The van der Waals surface area contributed by atoms with Gasteiger partial charge in [0.25, 0.3) is 0 Å². The Morgan fingerprint density at radius 2 is 1.77 bits per heavy atom. The Morgan fingerprint density at radius 1 is 1.11 bits per heavy atom. The van der Waals surface area contributed by atoms with Crippen molar-refractivity contribution in [2.45, 2.75) is 99.5 Å². The molecule has 0 spiro atoms. The van der Waals surface area contributed by atoms with Gasteiger partial charge in [-0.15, -0.1) is 0 Å². The number of aliphatic hydroxyl groups is 3. The molecule has 7 heteroatoms. The van der Waals surface area contributed by atoms with Gasteiger partial charge in [-0.1, -0.05) is 66.7 Å². The molecule has 7 nitrogen and oxygen atoms in total. The van der Waals surface area contributed by atoms with Crippen LogP contribution in [0.3, 0.4) is 0 Å². The summed E-state index contributed by atoms with van der Waals surface area (Å²) in [4.78, 5) is 41.2. The predicted molar refractivity (Wildman–Crippen MR) is 169 cm³/mol. The number of rotatable bonds is 6. The van der Waals surface area contributed by atoms with Crippen LogP contribution in [0, 0.1) is 28.1 Å². The molecule has 0 fully saturated rings. The van der Waals surface area contributed by atoms with Crippen LogP contribution in [0.4, 0.5) is 0 Å². The topological polar surface area (TPSA) is 132 Å². The summed E-state index contributed by atoms with van der Waals surface area (Å²) in [7, 11) is 0. The van der Waals surface area contributed by atoms with Gasteiger partial charge in [-0.2, -0.15) is 0 Å². The summed E-state index contributed by atoms with van der Waals surface area (Å²) in [6.07, 6.45) is 9.52. The van der Waals surface area contributed by atoms with Crippen LogP contribution in [0.15, 0.2) is 47.0 Å². The molecular weight excluding hydrogens is 556 g/mol. The highest BCUT2D eigenvalue weighted by Crippen LogP contribution is 2.65. The zero-order chi connectivity index (χ0) is 32.7. The molecule has 236 valence electrons. The average Bonchev–Trinajstić information content (AvgIpc) is 3.41. The minimum Gasteiger partial charge on any atom is -0.511 e. The van der Waals surface area contributed by atoms with E-state index in [0.29, 0.717) is 17.5 Å². The molecule has 0 aromatic heterocycles. The van der Waals surface area contributed by atoms with Gasteiger partial charge in [-0.25, -0.2) is 0 Å². The Morgan fingerprint density at radius 3 is 2.32 bits per heavy atom. The lowest BCUT2D eigenvalue weighted by atomic mass is 9.44. The summed E-state index contributed by atoms with van der Waals surface area (Å²) in [5, 5.41) is 47.3. The van der Waals surface area contributed by atoms with E-state index >= 15 is 0 Å². The molecule has 4 aliphatic carbocycles. The number of ketones is 3. The number of carbonyl (C=O) groups is 3. The second-order valence-corrected chi connectivity index (χ2v) is 15.5. The van der Waals surface area contributed by atoms with Crippen LogP contribution in [0.1, 0.15) is 108 Å². The Kier molecular flexibility index (Phi) is 7.48. The summed E-state index contributed by atoms with van der Waals surface area (Å²) in [6, 6.07) is 1.99. The third-order valence-electron chi connectivity index (χ3n) is 10.5. The van der Waals surface area contributed by atoms with E-state index in [2.05, 4.69) is 26.8 Å². The number of benzene rings is 1. The number of phenolic OH excluding ortho intramolecular Hbond substituents is 1. The number of aromatic hydroxyl groups is 1. The van der Waals surface area contributed by atoms with E-state index in [1.54, 1.807) is 6.92 Å². The lowest BCUT2D eigenvalue weighted by molar-refractivity contribution is -0.171. The third-order valence-corrected chi connectivity index (χ3v) is 10.5. The lowest BCUT2D eigenvalue weighted by Crippen LogP contribution is -2.67. The molecule has 0 saturated heterocycles. The van der Waals surface area contributed by atoms with Gasteiger partial charge >= 0.3 is 0 Å². The van der Waals surface area contributed by atoms with E-state index in [0.717, 1.165) is 37.3 Å². The molecule has 0 amide bonds. The third kappa shape index (κ3) is 4.45. The molecule has 0 radical (unpaired) electrons. The van der Waals surface area contributed by atoms with Crippen LogP contribution in [-0.4, -0.2) is 43.4 Å². The van der Waals surface area contributed by atoms with Gasteiger partial charge in [0, 0.05) is 22.3 Å². The van der Waals surface area contributed by atoms with Crippen molar-refractivity contribution in [1.82, 2.24) is 0 Å². The molecule has 4 aliphatic rings. The van der Waals surface area contributed by atoms with Gasteiger partial charge in [-0.05, 0) is 85.1 Å². The predicted octanol–water partition coefficient (Wildman–Crippen LogP) is 7.06. The summed E-state index contributed by atoms with van der Waals surface area (Å²) in [5.41, 5.74) is -2.44. The second kappa shape index (κ2) is 10.3. The van der Waals surface area contributed by atoms with Crippen molar-refractivity contribution in [2.24, 2.45) is 28.1 Å². The lowest BCUT2D eigenvalue weighted by Gasteiger charge is -2.59. The largest absolute Gasteiger partial charge is 0.511 e. The first-order valence-electron chi connectivity index (χ1n) is 15.7. The molecule has 5 rings (SSSR count). The molecule has 1 aromatic rings. The van der Waals surface area contributed by atoms with Crippen LogP contribution in [-0.2, 0) is 22.4 Å². The first-order chi connectivity index (χ1) is 20.3. The van der Waals surface area contributed by atoms with Crippen LogP contribution in [0.2, 0.25) is 0 Å². The van der Waals surface area contributed by atoms with Crippen LogP contribution in [0.25, 0.3) is 5.57 Å². The van der Waals surface area contributed by atoms with E-state index in [4.69, 9.17) is 0 Å². The monoisotopic (exact) mass is 602 g/mol. The SMILES string of the molecule is CC(=O)C1=C(O)C(C(C)C)[C@@]2(C)C[C@@]3(C)Cc4c(C5=CCC=C5)cc(CCCC(C)(C)C)c(O)c4C(=O)C3=C(O)[C@@]2(O)C1=O. The summed E-state index contributed by atoms with van der Waals surface area (Å²) in [5.74, 6) is -4.92. The molecule has 1 unspecified atom stereocenters. The van der Waals surface area contributed by atoms with Gasteiger partial charge in [0.1, 0.15) is 22.8 Å². The number of aryl methyl sites for hydroxylation is 1. The molecule has 0 heterocycles. The highest BCUT2D eigenvalue weighted by Gasteiger charge is 2.71. The van der Waals surface area contributed by atoms with E-state index in [9.17, 15) is 34.8 Å². The molecule has 44 heavy (non-hydrogen) atoms. The number of fused-ring (bicyclic) bond motifs is 3. The Bertz CT molecular complexity index is 1610. The Labute approximate surface area is 260 Å². The fourth-order valence-corrected chi connectivity index (χ4v) is 8.77. The number of phenols is 1. The molecule has 0 aliphatic heterocycles. The highest BCUT2D eigenvalue weighted by molar-refractivity contribution is 6.25. The van der Waals surface area contributed by atoms with Crippen molar-refractivity contribution >= 4 is 22.9 Å². The minimum absolute atomic E-state index is 0.0767. The summed E-state index contributed by atoms with van der Waals surface area (Å²) < 4.78 is 0. The van der Waals surface area contributed by atoms with Crippen LogP contribution in [0.5, 0.6) is 5.75 Å². The summed E-state index contributed by atoms with van der Waals surface area (Å²) in [6.45, 7) is 14.8. The number of hydrogen-bond donors (Lipinski definition) is 4. The molecule has 4 N–H and O–H groups in total. The first kappa shape index (κ1) is 32.0. The smallest absolute Gasteiger partial charge is 0.209 e. The van der Waals surface area contributed by atoms with Gasteiger partial charge in [0.2, 0.25) is 5.78 Å². The van der Waals surface area contributed by atoms with Gasteiger partial charge in [0.15, 0.2) is 17.2 Å². The fraction of sp³-hybridized carbons (Fsp3) is 0.541. The maximum Gasteiger partial charge on any atom is 0.209 e. The van der Waals surface area contributed by atoms with Crippen molar-refractivity contribution in [3.05, 3.63) is 69.2 Å². The molecule has 4 atom stereocenters. The van der Waals surface area contributed by atoms with Crippen molar-refractivity contribution in [1.29, 1.82) is 0 Å². The Balaban J connectivity index is 1.76. The van der Waals surface area contributed by atoms with Gasteiger partial charge in [-0.3, -0.25) is 14.4 Å². The number of aliphatic hydroxyl groups excluding tert-OH is 2. The van der Waals surface area contributed by atoms with Crippen molar-refractivity contribution in [3.63, 3.8) is 0 Å². The average molecular weight is 603 g/mol. The normalized spacial score (nSPS) is 30.0. The number of carbonyl (C=O) groups excluding carboxylic acids is 3. The first-order valence-corrected chi connectivity index (χ1v) is 15.7. The van der Waals surface area contributed by atoms with Crippen LogP contribution >= 0.6 is 0 Å². The maximum atomic E-state index is 14.6. The minimum atomic E-state index is -2.61. The summed E-state index contributed by atoms with van der Waals surface area (Å²) >= 11 is 0. The van der Waals surface area contributed by atoms with Gasteiger partial charge in [0.05, 0.1) is 5.56 Å². The zero-order valence-electron chi connectivity index (χ0n) is 27.2. The fourth-order valence-electron chi connectivity index (χ4n) is 8.77. The van der Waals surface area contributed by atoms with Gasteiger partial charge < -0.3 is 20.4 Å². The van der Waals surface area contributed by atoms with E-state index < -0.39 is 51.0 Å². The zero-order valence-corrected chi connectivity index (χ0v) is 27.2. The highest BCUT2D eigenvalue weighted by atomic mass is 16.3. The van der Waals surface area contributed by atoms with Crippen molar-refractivity contribution in [3.8, 4) is 5.75 Å². The number of Topliss-reactive ketones (excluding diaryl/α,β-unsaturated/α-hetero) is 3. The second-order valence-electron chi connectivity index (χ2n) is 15.5. The van der Waals surface area contributed by atoms with E-state index in [1.165, 1.54) is 0 Å². The quantitative estimate of drug-likeness (QED) is 0.256. The molecular formula is C37H46O7. The number of hydrogen-bond acceptors (Lipinski definition) is 7. The molecule has 1 aromatic carbocycles. The van der Waals surface area contributed by atoms with Crippen molar-refractivity contribution < 1.29 is 34.8 Å². The number of allylic oxidation sites excluding steroid dienone is 6. The van der Waals surface area contributed by atoms with Crippen LogP contribution < -0.4 is 0 Å². The molecule has 0 saturated carbocycles. The van der Waals surface area contributed by atoms with Crippen molar-refractivity contribution in [2.75, 3.05) is 0 Å².